The number of oxazole rings is 1. The zero-order chi connectivity index (χ0) is 20.6. The van der Waals surface area contributed by atoms with Crippen LogP contribution in [0.2, 0.25) is 0 Å². The fourth-order valence-electron chi connectivity index (χ4n) is 2.14. The highest BCUT2D eigenvalue weighted by Crippen LogP contribution is 2.24. The first kappa shape index (κ1) is 20.3. The first-order valence-electron chi connectivity index (χ1n) is 8.56. The van der Waals surface area contributed by atoms with Crippen LogP contribution >= 0.6 is 15.9 Å². The van der Waals surface area contributed by atoms with Gasteiger partial charge in [-0.1, -0.05) is 51.4 Å². The molecule has 3 rings (SSSR count). The van der Waals surface area contributed by atoms with E-state index in [1.807, 2.05) is 42.5 Å². The van der Waals surface area contributed by atoms with E-state index in [4.69, 9.17) is 9.25 Å². The van der Waals surface area contributed by atoms with E-state index in [-0.39, 0.29) is 11.6 Å². The number of benzene rings is 2. The van der Waals surface area contributed by atoms with Crippen molar-refractivity contribution in [1.82, 2.24) is 10.4 Å². The quantitative estimate of drug-likeness (QED) is 0.416. The van der Waals surface area contributed by atoms with E-state index in [2.05, 4.69) is 36.6 Å². The van der Waals surface area contributed by atoms with Gasteiger partial charge in [-0.25, -0.2) is 10.4 Å². The summed E-state index contributed by atoms with van der Waals surface area (Å²) in [5.41, 5.74) is 3.92. The molecule has 0 fully saturated rings. The van der Waals surface area contributed by atoms with Crippen LogP contribution in [0, 0.1) is 0 Å². The van der Waals surface area contributed by atoms with Gasteiger partial charge in [0.2, 0.25) is 12.0 Å². The van der Waals surface area contributed by atoms with Crippen LogP contribution < -0.4 is 5.43 Å². The van der Waals surface area contributed by atoms with Crippen molar-refractivity contribution in [1.29, 1.82) is 0 Å². The standard InChI is InChI=1S/C20H17BrN4O4/c1-13(29-23-11-14-7-9-16(21)10-8-14)18(26)25-22-12-17-20(27)28-19(24-17)15-5-3-2-4-6-15/h2-13,27H,1H3,(H,25,26)/b22-12+,23-11?. The largest absolute Gasteiger partial charge is 0.479 e. The lowest BCUT2D eigenvalue weighted by molar-refractivity contribution is -0.131. The van der Waals surface area contributed by atoms with E-state index in [1.165, 1.54) is 19.4 Å². The van der Waals surface area contributed by atoms with Gasteiger partial charge in [-0.2, -0.15) is 5.10 Å². The molecular weight excluding hydrogens is 440 g/mol. The number of hydrogen-bond donors (Lipinski definition) is 2. The molecule has 0 radical (unpaired) electrons. The predicted molar refractivity (Wildman–Crippen MR) is 112 cm³/mol. The van der Waals surface area contributed by atoms with E-state index in [0.717, 1.165) is 10.0 Å². The Morgan fingerprint density at radius 1 is 1.21 bits per heavy atom. The molecule has 2 N–H and O–H groups in total. The molecule has 2 aromatic carbocycles. The van der Waals surface area contributed by atoms with E-state index >= 15 is 0 Å². The molecule has 0 aliphatic carbocycles. The molecule has 29 heavy (non-hydrogen) atoms. The van der Waals surface area contributed by atoms with Gasteiger partial charge in [0.1, 0.15) is 0 Å². The van der Waals surface area contributed by atoms with Gasteiger partial charge in [-0.15, -0.1) is 0 Å². The summed E-state index contributed by atoms with van der Waals surface area (Å²) in [5.74, 6) is -0.666. The summed E-state index contributed by atoms with van der Waals surface area (Å²) >= 11 is 3.35. The summed E-state index contributed by atoms with van der Waals surface area (Å²) in [4.78, 5) is 21.2. The van der Waals surface area contributed by atoms with E-state index in [0.29, 0.717) is 5.56 Å². The number of carbonyl (C=O) groups is 1. The lowest BCUT2D eigenvalue weighted by atomic mass is 10.2. The zero-order valence-electron chi connectivity index (χ0n) is 15.3. The Labute approximate surface area is 175 Å². The van der Waals surface area contributed by atoms with Gasteiger partial charge in [0.25, 0.3) is 5.91 Å². The molecular formula is C20H17BrN4O4. The Kier molecular flexibility index (Phi) is 6.75. The fourth-order valence-corrected chi connectivity index (χ4v) is 2.40. The van der Waals surface area contributed by atoms with Crippen LogP contribution in [-0.4, -0.2) is 34.5 Å². The summed E-state index contributed by atoms with van der Waals surface area (Å²) in [5, 5.41) is 17.4. The third-order valence-corrected chi connectivity index (χ3v) is 4.21. The minimum absolute atomic E-state index is 0.0889. The van der Waals surface area contributed by atoms with Crippen LogP contribution in [0.1, 0.15) is 18.2 Å². The number of hydrogen-bond acceptors (Lipinski definition) is 7. The zero-order valence-corrected chi connectivity index (χ0v) is 16.9. The maximum absolute atomic E-state index is 12.0. The van der Waals surface area contributed by atoms with E-state index in [1.54, 1.807) is 12.1 Å². The Balaban J connectivity index is 1.52. The molecule has 1 atom stereocenters. The Hall–Kier alpha value is -3.46. The number of rotatable bonds is 7. The summed E-state index contributed by atoms with van der Waals surface area (Å²) in [6, 6.07) is 16.5. The Morgan fingerprint density at radius 2 is 1.93 bits per heavy atom. The van der Waals surface area contributed by atoms with Crippen molar-refractivity contribution in [3.8, 4) is 17.4 Å². The van der Waals surface area contributed by atoms with Gasteiger partial charge in [0.05, 0.1) is 12.4 Å². The van der Waals surface area contributed by atoms with Gasteiger partial charge in [0, 0.05) is 10.0 Å². The third kappa shape index (κ3) is 5.76. The number of amides is 1. The van der Waals surface area contributed by atoms with Crippen LogP contribution in [0.5, 0.6) is 5.95 Å². The van der Waals surface area contributed by atoms with E-state index in [9.17, 15) is 9.90 Å². The second kappa shape index (κ2) is 9.65. The van der Waals surface area contributed by atoms with Crippen molar-refractivity contribution in [2.24, 2.45) is 10.3 Å². The molecule has 8 nitrogen and oxygen atoms in total. The van der Waals surface area contributed by atoms with Crippen molar-refractivity contribution >= 4 is 34.3 Å². The number of oxime groups is 1. The second-order valence-corrected chi connectivity index (χ2v) is 6.76. The fraction of sp³-hybridized carbons (Fsp3) is 0.100. The minimum atomic E-state index is -0.871. The highest BCUT2D eigenvalue weighted by molar-refractivity contribution is 9.10. The van der Waals surface area contributed by atoms with Crippen molar-refractivity contribution < 1.29 is 19.2 Å². The number of aromatic nitrogens is 1. The molecule has 1 amide bonds. The average molecular weight is 457 g/mol. The summed E-state index contributed by atoms with van der Waals surface area (Å²) in [6.07, 6.45) is 1.81. The molecule has 1 unspecified atom stereocenters. The maximum atomic E-state index is 12.0. The monoisotopic (exact) mass is 456 g/mol. The van der Waals surface area contributed by atoms with Crippen LogP contribution in [-0.2, 0) is 9.63 Å². The number of nitrogens with zero attached hydrogens (tertiary/aromatic N) is 3. The Morgan fingerprint density at radius 3 is 2.66 bits per heavy atom. The first-order valence-corrected chi connectivity index (χ1v) is 9.35. The lowest BCUT2D eigenvalue weighted by Crippen LogP contribution is -2.30. The lowest BCUT2D eigenvalue weighted by Gasteiger charge is -2.06. The Bertz CT molecular complexity index is 1020. The van der Waals surface area contributed by atoms with E-state index < -0.39 is 18.0 Å². The van der Waals surface area contributed by atoms with Gasteiger partial charge < -0.3 is 14.4 Å². The normalized spacial score (nSPS) is 12.3. The number of aromatic hydroxyl groups is 1. The van der Waals surface area contributed by atoms with Crippen LogP contribution in [0.25, 0.3) is 11.5 Å². The van der Waals surface area contributed by atoms with Gasteiger partial charge >= 0.3 is 5.95 Å². The molecule has 1 aromatic heterocycles. The van der Waals surface area contributed by atoms with Crippen LogP contribution in [0.15, 0.2) is 73.7 Å². The van der Waals surface area contributed by atoms with Crippen molar-refractivity contribution in [3.05, 3.63) is 70.3 Å². The molecule has 0 bridgehead atoms. The highest BCUT2D eigenvalue weighted by atomic mass is 79.9. The second-order valence-electron chi connectivity index (χ2n) is 5.84. The summed E-state index contributed by atoms with van der Waals surface area (Å²) in [7, 11) is 0. The average Bonchev–Trinajstić information content (AvgIpc) is 3.10. The number of hydrazone groups is 1. The van der Waals surface area contributed by atoms with Crippen molar-refractivity contribution in [3.63, 3.8) is 0 Å². The molecule has 0 saturated heterocycles. The van der Waals surface area contributed by atoms with Gasteiger partial charge in [0.15, 0.2) is 5.69 Å². The first-order chi connectivity index (χ1) is 14.0. The van der Waals surface area contributed by atoms with Gasteiger partial charge in [-0.3, -0.25) is 4.79 Å². The van der Waals surface area contributed by atoms with Crippen molar-refractivity contribution in [2.75, 3.05) is 0 Å². The molecule has 0 saturated carbocycles. The molecule has 0 spiro atoms. The topological polar surface area (TPSA) is 109 Å². The SMILES string of the molecule is CC(ON=Cc1ccc(Br)cc1)C(=O)N/N=C/c1nc(-c2ccccc2)oc1O. The van der Waals surface area contributed by atoms with Crippen LogP contribution in [0.3, 0.4) is 0 Å². The highest BCUT2D eigenvalue weighted by Gasteiger charge is 2.14. The number of halogens is 1. The smallest absolute Gasteiger partial charge is 0.312 e. The maximum Gasteiger partial charge on any atom is 0.312 e. The van der Waals surface area contributed by atoms with Crippen LogP contribution in [0.4, 0.5) is 0 Å². The minimum Gasteiger partial charge on any atom is -0.479 e. The molecule has 1 heterocycles. The molecule has 3 aromatic rings. The predicted octanol–water partition coefficient (Wildman–Crippen LogP) is 3.70. The number of carbonyl (C=O) groups excluding carboxylic acids is 1. The van der Waals surface area contributed by atoms with Gasteiger partial charge in [-0.05, 0) is 36.8 Å². The van der Waals surface area contributed by atoms with Crippen molar-refractivity contribution in [2.45, 2.75) is 13.0 Å². The molecule has 0 aliphatic heterocycles. The number of nitrogens with one attached hydrogen (secondary N) is 1. The summed E-state index contributed by atoms with van der Waals surface area (Å²) in [6.45, 7) is 1.53. The molecule has 0 aliphatic rings. The molecule has 9 heteroatoms. The third-order valence-electron chi connectivity index (χ3n) is 3.68. The molecule has 148 valence electrons. The summed E-state index contributed by atoms with van der Waals surface area (Å²) < 4.78 is 6.16.